The third-order valence-electron chi connectivity index (χ3n) is 3.61. The molecule has 0 radical (unpaired) electrons. The van der Waals surface area contributed by atoms with E-state index in [4.69, 9.17) is 5.73 Å². The van der Waals surface area contributed by atoms with E-state index in [1.165, 1.54) is 0 Å². The van der Waals surface area contributed by atoms with Crippen molar-refractivity contribution in [3.8, 4) is 0 Å². The lowest BCUT2D eigenvalue weighted by molar-refractivity contribution is -0.120. The van der Waals surface area contributed by atoms with Crippen molar-refractivity contribution in [2.45, 2.75) is 31.2 Å². The maximum absolute atomic E-state index is 11.2. The predicted molar refractivity (Wildman–Crippen MR) is 73.9 cm³/mol. The van der Waals surface area contributed by atoms with Gasteiger partial charge in [0, 0.05) is 50.8 Å². The Hall–Kier alpha value is -1.69. The lowest BCUT2D eigenvalue weighted by Crippen LogP contribution is -2.35. The van der Waals surface area contributed by atoms with E-state index in [0.717, 1.165) is 24.4 Å². The maximum atomic E-state index is 11.2. The van der Waals surface area contributed by atoms with Crippen molar-refractivity contribution in [3.63, 3.8) is 0 Å². The van der Waals surface area contributed by atoms with E-state index in [9.17, 15) is 4.79 Å². The van der Waals surface area contributed by atoms with Crippen LogP contribution < -0.4 is 16.0 Å². The molecule has 0 saturated heterocycles. The van der Waals surface area contributed by atoms with E-state index in [1.54, 1.807) is 13.4 Å². The van der Waals surface area contributed by atoms with Crippen LogP contribution in [0.2, 0.25) is 0 Å². The van der Waals surface area contributed by atoms with Crippen LogP contribution in [0, 0.1) is 0 Å². The number of nitrogens with two attached hydrogens (primary N) is 1. The largest absolute Gasteiger partial charge is 0.359 e. The summed E-state index contributed by atoms with van der Waals surface area (Å²) in [6, 6.07) is 2.31. The SMILES string of the molecule is CNC(=O)CCN(C)c1cc(C2CC(N)C2)ncn1. The molecule has 1 aromatic heterocycles. The number of nitrogens with zero attached hydrogens (tertiary/aromatic N) is 3. The summed E-state index contributed by atoms with van der Waals surface area (Å²) in [4.78, 5) is 21.8. The Morgan fingerprint density at radius 3 is 2.89 bits per heavy atom. The maximum Gasteiger partial charge on any atom is 0.221 e. The number of anilines is 1. The second-order valence-corrected chi connectivity index (χ2v) is 5.07. The Labute approximate surface area is 113 Å². The van der Waals surface area contributed by atoms with Crippen molar-refractivity contribution in [1.82, 2.24) is 15.3 Å². The molecule has 0 aromatic carbocycles. The Balaban J connectivity index is 1.96. The molecule has 2 rings (SSSR count). The lowest BCUT2D eigenvalue weighted by atomic mass is 9.78. The Morgan fingerprint density at radius 2 is 2.26 bits per heavy atom. The summed E-state index contributed by atoms with van der Waals surface area (Å²) in [5.74, 6) is 1.35. The molecule has 0 atom stereocenters. The summed E-state index contributed by atoms with van der Waals surface area (Å²) in [6.07, 6.45) is 4.04. The molecule has 0 bridgehead atoms. The highest BCUT2D eigenvalue weighted by Gasteiger charge is 2.28. The first kappa shape index (κ1) is 13.7. The highest BCUT2D eigenvalue weighted by atomic mass is 16.1. The van der Waals surface area contributed by atoms with Crippen LogP contribution in [-0.4, -0.2) is 42.6 Å². The Morgan fingerprint density at radius 1 is 1.53 bits per heavy atom. The molecule has 1 fully saturated rings. The Kier molecular flexibility index (Phi) is 4.31. The van der Waals surface area contributed by atoms with Gasteiger partial charge in [-0.1, -0.05) is 0 Å². The molecule has 1 heterocycles. The first-order chi connectivity index (χ1) is 9.10. The topological polar surface area (TPSA) is 84.1 Å². The fraction of sp³-hybridized carbons (Fsp3) is 0.615. The standard InChI is InChI=1S/C13H21N5O/c1-15-13(19)3-4-18(2)12-7-11(16-8-17-12)9-5-10(14)6-9/h7-10H,3-6,14H2,1-2H3,(H,15,19). The van der Waals surface area contributed by atoms with Crippen LogP contribution >= 0.6 is 0 Å². The lowest BCUT2D eigenvalue weighted by Gasteiger charge is -2.32. The minimum Gasteiger partial charge on any atom is -0.359 e. The number of hydrogen-bond acceptors (Lipinski definition) is 5. The smallest absolute Gasteiger partial charge is 0.221 e. The van der Waals surface area contributed by atoms with Gasteiger partial charge in [-0.25, -0.2) is 9.97 Å². The Bertz CT molecular complexity index is 444. The molecule has 1 amide bonds. The van der Waals surface area contributed by atoms with Crippen LogP contribution in [-0.2, 0) is 4.79 Å². The average molecular weight is 263 g/mol. The van der Waals surface area contributed by atoms with Gasteiger partial charge in [-0.05, 0) is 12.8 Å². The monoisotopic (exact) mass is 263 g/mol. The molecule has 1 aliphatic carbocycles. The number of amides is 1. The highest BCUT2D eigenvalue weighted by molar-refractivity contribution is 5.76. The van der Waals surface area contributed by atoms with Crippen LogP contribution in [0.15, 0.2) is 12.4 Å². The second-order valence-electron chi connectivity index (χ2n) is 5.07. The van der Waals surface area contributed by atoms with E-state index < -0.39 is 0 Å². The van der Waals surface area contributed by atoms with E-state index >= 15 is 0 Å². The van der Waals surface area contributed by atoms with Gasteiger partial charge < -0.3 is 16.0 Å². The van der Waals surface area contributed by atoms with Crippen molar-refractivity contribution >= 4 is 11.7 Å². The van der Waals surface area contributed by atoms with Crippen molar-refractivity contribution in [1.29, 1.82) is 0 Å². The number of hydrogen-bond donors (Lipinski definition) is 2. The minimum atomic E-state index is 0.0334. The molecular weight excluding hydrogens is 242 g/mol. The molecule has 0 unspecified atom stereocenters. The molecule has 1 aromatic rings. The van der Waals surface area contributed by atoms with Gasteiger partial charge in [-0.2, -0.15) is 0 Å². The highest BCUT2D eigenvalue weighted by Crippen LogP contribution is 2.35. The zero-order valence-corrected chi connectivity index (χ0v) is 11.5. The van der Waals surface area contributed by atoms with Crippen LogP contribution in [0.1, 0.15) is 30.9 Å². The third kappa shape index (κ3) is 3.41. The number of nitrogens with one attached hydrogen (secondary N) is 1. The summed E-state index contributed by atoms with van der Waals surface area (Å²) in [7, 11) is 3.58. The van der Waals surface area contributed by atoms with Crippen molar-refractivity contribution < 1.29 is 4.79 Å². The van der Waals surface area contributed by atoms with Crippen molar-refractivity contribution in [2.75, 3.05) is 25.5 Å². The average Bonchev–Trinajstić information content (AvgIpc) is 2.41. The molecule has 3 N–H and O–H groups in total. The normalized spacial score (nSPS) is 21.6. The zero-order chi connectivity index (χ0) is 13.8. The predicted octanol–water partition coefficient (Wildman–Crippen LogP) is 0.254. The first-order valence-electron chi connectivity index (χ1n) is 6.59. The molecule has 1 saturated carbocycles. The first-order valence-corrected chi connectivity index (χ1v) is 6.59. The van der Waals surface area contributed by atoms with Crippen LogP contribution in [0.3, 0.4) is 0 Å². The molecular formula is C13H21N5O. The molecule has 6 nitrogen and oxygen atoms in total. The fourth-order valence-corrected chi connectivity index (χ4v) is 2.21. The number of carbonyl (C=O) groups excluding carboxylic acids is 1. The van der Waals surface area contributed by atoms with Crippen LogP contribution in [0.5, 0.6) is 0 Å². The van der Waals surface area contributed by atoms with Crippen molar-refractivity contribution in [3.05, 3.63) is 18.1 Å². The summed E-state index contributed by atoms with van der Waals surface area (Å²) in [5.41, 5.74) is 6.86. The van der Waals surface area contributed by atoms with E-state index in [-0.39, 0.29) is 5.91 Å². The van der Waals surface area contributed by atoms with Gasteiger partial charge >= 0.3 is 0 Å². The number of aromatic nitrogens is 2. The number of rotatable bonds is 5. The quantitative estimate of drug-likeness (QED) is 0.795. The zero-order valence-electron chi connectivity index (χ0n) is 11.5. The third-order valence-corrected chi connectivity index (χ3v) is 3.61. The summed E-state index contributed by atoms with van der Waals surface area (Å²) in [5, 5.41) is 2.61. The molecule has 0 spiro atoms. The number of carbonyl (C=O) groups is 1. The van der Waals surface area contributed by atoms with E-state index in [2.05, 4.69) is 15.3 Å². The van der Waals surface area contributed by atoms with Gasteiger partial charge in [0.15, 0.2) is 0 Å². The molecule has 19 heavy (non-hydrogen) atoms. The van der Waals surface area contributed by atoms with E-state index in [1.807, 2.05) is 18.0 Å². The van der Waals surface area contributed by atoms with E-state index in [0.29, 0.717) is 24.9 Å². The molecule has 6 heteroatoms. The summed E-state index contributed by atoms with van der Waals surface area (Å²) < 4.78 is 0. The van der Waals surface area contributed by atoms with Crippen molar-refractivity contribution in [2.24, 2.45) is 5.73 Å². The summed E-state index contributed by atoms with van der Waals surface area (Å²) in [6.45, 7) is 0.639. The second kappa shape index (κ2) is 5.97. The van der Waals surface area contributed by atoms with Gasteiger partial charge in [0.05, 0.1) is 0 Å². The van der Waals surface area contributed by atoms with Crippen LogP contribution in [0.25, 0.3) is 0 Å². The van der Waals surface area contributed by atoms with Crippen LogP contribution in [0.4, 0.5) is 5.82 Å². The summed E-state index contributed by atoms with van der Waals surface area (Å²) >= 11 is 0. The molecule has 0 aliphatic heterocycles. The van der Waals surface area contributed by atoms with Gasteiger partial charge in [0.1, 0.15) is 12.1 Å². The van der Waals surface area contributed by atoms with Gasteiger partial charge in [-0.15, -0.1) is 0 Å². The van der Waals surface area contributed by atoms with Gasteiger partial charge in [0.2, 0.25) is 5.91 Å². The van der Waals surface area contributed by atoms with Gasteiger partial charge in [-0.3, -0.25) is 4.79 Å². The molecule has 104 valence electrons. The molecule has 1 aliphatic rings. The van der Waals surface area contributed by atoms with Gasteiger partial charge in [0.25, 0.3) is 0 Å². The fourth-order valence-electron chi connectivity index (χ4n) is 2.21. The minimum absolute atomic E-state index is 0.0334.